The highest BCUT2D eigenvalue weighted by Crippen LogP contribution is 2.18. The molecule has 15 nitrogen and oxygen atoms in total. The number of piperidine rings is 1. The zero-order chi connectivity index (χ0) is 34.3. The summed E-state index contributed by atoms with van der Waals surface area (Å²) < 4.78 is 10.7. The van der Waals surface area contributed by atoms with E-state index in [0.29, 0.717) is 49.4 Å². The van der Waals surface area contributed by atoms with E-state index < -0.39 is 47.5 Å². The van der Waals surface area contributed by atoms with Gasteiger partial charge in [-0.2, -0.15) is 0 Å². The molecule has 1 aromatic heterocycles. The third-order valence-corrected chi connectivity index (χ3v) is 7.96. The van der Waals surface area contributed by atoms with Crippen molar-refractivity contribution in [2.45, 2.75) is 44.3 Å². The van der Waals surface area contributed by atoms with Crippen molar-refractivity contribution in [1.29, 1.82) is 0 Å². The van der Waals surface area contributed by atoms with Crippen LogP contribution in [0.4, 0.5) is 0 Å². The van der Waals surface area contributed by atoms with Crippen LogP contribution in [-0.2, 0) is 52.9 Å². The standard InChI is InChI=1S/C33H43N7O8/c34-11-15-47-16-12-35-33(46)27-20-36-28(41)9-10-30(43)40-13-3-7-24(21-40)31(44)39-26(18-25-8-4-14-48-25)32(45)37-19-23-6-2-1-5-22(23)17-29(42)38-27/h1-2,4-6,8-10,14,24,26-27H,3,7,11-13,15-21,34H2,(H,35,46)(H,36,41)(H,37,45)(H,38,42)(H,39,44)/b10-9-/t24-,26+,27+/m1/s1. The molecule has 2 aliphatic rings. The van der Waals surface area contributed by atoms with Gasteiger partial charge in [-0.15, -0.1) is 0 Å². The van der Waals surface area contributed by atoms with Gasteiger partial charge in [-0.1, -0.05) is 24.3 Å². The van der Waals surface area contributed by atoms with Crippen molar-refractivity contribution < 1.29 is 37.9 Å². The summed E-state index contributed by atoms with van der Waals surface area (Å²) in [7, 11) is 0. The topological polar surface area (TPSA) is 214 Å². The van der Waals surface area contributed by atoms with E-state index in [2.05, 4.69) is 26.6 Å². The van der Waals surface area contributed by atoms with Gasteiger partial charge in [-0.05, 0) is 36.1 Å². The summed E-state index contributed by atoms with van der Waals surface area (Å²) in [5, 5.41) is 13.6. The van der Waals surface area contributed by atoms with Gasteiger partial charge in [-0.3, -0.25) is 28.8 Å². The second-order valence-electron chi connectivity index (χ2n) is 11.5. The van der Waals surface area contributed by atoms with Gasteiger partial charge in [0, 0.05) is 57.8 Å². The van der Waals surface area contributed by atoms with E-state index in [-0.39, 0.29) is 51.5 Å². The molecule has 0 spiro atoms. The lowest BCUT2D eigenvalue weighted by Crippen LogP contribution is -2.53. The van der Waals surface area contributed by atoms with Crippen LogP contribution >= 0.6 is 0 Å². The fourth-order valence-electron chi connectivity index (χ4n) is 5.42. The Morgan fingerprint density at radius 3 is 2.56 bits per heavy atom. The molecule has 0 aliphatic carbocycles. The second-order valence-corrected chi connectivity index (χ2v) is 11.5. The minimum atomic E-state index is -1.14. The number of hydrogen-bond acceptors (Lipinski definition) is 9. The van der Waals surface area contributed by atoms with Crippen LogP contribution in [0, 0.1) is 5.92 Å². The summed E-state index contributed by atoms with van der Waals surface area (Å²) in [5.41, 5.74) is 6.68. The number of nitrogens with one attached hydrogen (secondary N) is 5. The predicted molar refractivity (Wildman–Crippen MR) is 173 cm³/mol. The molecule has 48 heavy (non-hydrogen) atoms. The number of nitrogens with two attached hydrogens (primary N) is 1. The summed E-state index contributed by atoms with van der Waals surface area (Å²) >= 11 is 0. The molecule has 2 aliphatic heterocycles. The van der Waals surface area contributed by atoms with Gasteiger partial charge in [0.25, 0.3) is 0 Å². The summed E-state index contributed by atoms with van der Waals surface area (Å²) in [6, 6.07) is 8.32. The van der Waals surface area contributed by atoms with E-state index in [9.17, 15) is 28.8 Å². The molecule has 0 unspecified atom stereocenters. The second kappa shape index (κ2) is 18.4. The molecule has 4 rings (SSSR count). The van der Waals surface area contributed by atoms with Crippen molar-refractivity contribution in [1.82, 2.24) is 31.5 Å². The number of nitrogens with zero attached hydrogens (tertiary/aromatic N) is 1. The van der Waals surface area contributed by atoms with E-state index >= 15 is 0 Å². The van der Waals surface area contributed by atoms with E-state index in [4.69, 9.17) is 14.9 Å². The smallest absolute Gasteiger partial charge is 0.246 e. The number of fused-ring (bicyclic) bond motifs is 3. The van der Waals surface area contributed by atoms with Gasteiger partial charge in [0.2, 0.25) is 35.4 Å². The predicted octanol–water partition coefficient (Wildman–Crippen LogP) is -1.33. The van der Waals surface area contributed by atoms with E-state index in [1.165, 1.54) is 11.2 Å². The van der Waals surface area contributed by atoms with Gasteiger partial charge >= 0.3 is 0 Å². The van der Waals surface area contributed by atoms with Gasteiger partial charge < -0.3 is 46.4 Å². The van der Waals surface area contributed by atoms with Crippen molar-refractivity contribution in [2.24, 2.45) is 11.7 Å². The molecule has 15 heteroatoms. The molecular weight excluding hydrogens is 622 g/mol. The Kier molecular flexibility index (Phi) is 13.7. The summed E-state index contributed by atoms with van der Waals surface area (Å²) in [6.45, 7) is 1.35. The van der Waals surface area contributed by atoms with Crippen LogP contribution in [0.3, 0.4) is 0 Å². The Morgan fingerprint density at radius 2 is 1.79 bits per heavy atom. The number of hydrogen-bond donors (Lipinski definition) is 6. The van der Waals surface area contributed by atoms with Crippen LogP contribution in [0.25, 0.3) is 0 Å². The lowest BCUT2D eigenvalue weighted by molar-refractivity contribution is -0.135. The first-order valence-corrected chi connectivity index (χ1v) is 16.0. The third-order valence-electron chi connectivity index (χ3n) is 7.96. The SMILES string of the molecule is NCCOCCNC(=O)[C@@H]1CNC(=O)/C=C\C(=O)N2CCC[C@H](C2)C(=O)N[C@@H](Cc2ccco2)C(=O)NCc2ccccc2CC(=O)N1. The number of carbonyl (C=O) groups excluding carboxylic acids is 6. The van der Waals surface area contributed by atoms with Gasteiger partial charge in [0.05, 0.1) is 31.8 Å². The average Bonchev–Trinajstić information content (AvgIpc) is 3.60. The largest absolute Gasteiger partial charge is 0.469 e. The van der Waals surface area contributed by atoms with Crippen LogP contribution in [0.2, 0.25) is 0 Å². The fraction of sp³-hybridized carbons (Fsp3) is 0.455. The lowest BCUT2D eigenvalue weighted by atomic mass is 9.96. The molecule has 0 radical (unpaired) electrons. The molecule has 2 aromatic rings. The number of ether oxygens (including phenoxy) is 1. The molecular formula is C33H43N7O8. The molecule has 1 aromatic carbocycles. The van der Waals surface area contributed by atoms with E-state index in [0.717, 1.165) is 12.2 Å². The number of furan rings is 1. The van der Waals surface area contributed by atoms with Crippen molar-refractivity contribution in [3.8, 4) is 0 Å². The van der Waals surface area contributed by atoms with E-state index in [1.54, 1.807) is 36.4 Å². The first kappa shape index (κ1) is 35.8. The molecule has 6 amide bonds. The monoisotopic (exact) mass is 665 g/mol. The Balaban J connectivity index is 1.56. The summed E-state index contributed by atoms with van der Waals surface area (Å²) in [5.74, 6) is -3.04. The highest BCUT2D eigenvalue weighted by atomic mass is 16.5. The van der Waals surface area contributed by atoms with Gasteiger partial charge in [-0.25, -0.2) is 0 Å². The molecule has 7 N–H and O–H groups in total. The number of benzene rings is 1. The number of carbonyl (C=O) groups is 6. The average molecular weight is 666 g/mol. The maximum absolute atomic E-state index is 13.5. The molecule has 3 heterocycles. The maximum Gasteiger partial charge on any atom is 0.246 e. The van der Waals surface area contributed by atoms with Crippen LogP contribution < -0.4 is 32.3 Å². The first-order chi connectivity index (χ1) is 23.2. The molecule has 1 saturated heterocycles. The molecule has 2 bridgehead atoms. The first-order valence-electron chi connectivity index (χ1n) is 16.0. The fourth-order valence-corrected chi connectivity index (χ4v) is 5.42. The normalized spacial score (nSPS) is 22.2. The summed E-state index contributed by atoms with van der Waals surface area (Å²) in [4.78, 5) is 80.1. The Labute approximate surface area is 278 Å². The summed E-state index contributed by atoms with van der Waals surface area (Å²) in [6.07, 6.45) is 4.69. The highest BCUT2D eigenvalue weighted by molar-refractivity contribution is 5.97. The molecule has 0 saturated carbocycles. The van der Waals surface area contributed by atoms with Crippen LogP contribution in [0.15, 0.2) is 59.2 Å². The van der Waals surface area contributed by atoms with Crippen molar-refractivity contribution >= 4 is 35.4 Å². The lowest BCUT2D eigenvalue weighted by Gasteiger charge is -2.32. The van der Waals surface area contributed by atoms with Crippen molar-refractivity contribution in [3.63, 3.8) is 0 Å². The highest BCUT2D eigenvalue weighted by Gasteiger charge is 2.31. The molecule has 258 valence electrons. The quantitative estimate of drug-likeness (QED) is 0.184. The number of rotatable bonds is 8. The zero-order valence-corrected chi connectivity index (χ0v) is 26.7. The van der Waals surface area contributed by atoms with Gasteiger partial charge in [0.15, 0.2) is 0 Å². The number of amides is 6. The van der Waals surface area contributed by atoms with Gasteiger partial charge in [0.1, 0.15) is 17.8 Å². The molecule has 1 fully saturated rings. The minimum Gasteiger partial charge on any atom is -0.469 e. The van der Waals surface area contributed by atoms with Crippen molar-refractivity contribution in [2.75, 3.05) is 45.9 Å². The third kappa shape index (κ3) is 11.1. The minimum absolute atomic E-state index is 0.0625. The van der Waals surface area contributed by atoms with Crippen LogP contribution in [-0.4, -0.2) is 98.4 Å². The Morgan fingerprint density at radius 1 is 0.979 bits per heavy atom. The van der Waals surface area contributed by atoms with Crippen molar-refractivity contribution in [3.05, 3.63) is 71.7 Å². The zero-order valence-electron chi connectivity index (χ0n) is 26.7. The van der Waals surface area contributed by atoms with Crippen LogP contribution in [0.1, 0.15) is 29.7 Å². The maximum atomic E-state index is 13.5. The van der Waals surface area contributed by atoms with Crippen LogP contribution in [0.5, 0.6) is 0 Å². The Hall–Kier alpha value is -5.02. The van der Waals surface area contributed by atoms with E-state index in [1.807, 2.05) is 0 Å². The molecule has 3 atom stereocenters. The Bertz CT molecular complexity index is 1460.